The molecule has 2 aromatic carbocycles. The van der Waals surface area contributed by atoms with Gasteiger partial charge in [-0.05, 0) is 16.7 Å². The highest BCUT2D eigenvalue weighted by Crippen LogP contribution is 2.42. The van der Waals surface area contributed by atoms with E-state index >= 15 is 0 Å². The zero-order valence-electron chi connectivity index (χ0n) is 14.7. The molecule has 140 valence electrons. The first kappa shape index (κ1) is 18.0. The van der Waals surface area contributed by atoms with E-state index in [0.29, 0.717) is 13.2 Å². The third kappa shape index (κ3) is 3.98. The average molecular weight is 367 g/mol. The fraction of sp³-hybridized carbons (Fsp3) is 0.400. The van der Waals surface area contributed by atoms with Crippen molar-refractivity contribution in [3.05, 3.63) is 82.2 Å². The zero-order chi connectivity index (χ0) is 18.6. The molecule has 2 fully saturated rings. The number of benzene rings is 2. The number of aliphatic hydroxyl groups excluding tert-OH is 1. The molecule has 6 atom stereocenters. The standard InChI is InChI=1S/C20H21N3O4/c21-23-22-15-17(25-11-13-7-3-1-4-8-13)16(24)19-20(27-19)18(15)26-12-14-9-5-2-6-10-14/h1-10,15-20,24H,11-12H2/t15-,16+,17-,18+,19-,20+/m1/s1. The number of epoxide rings is 1. The minimum absolute atomic E-state index is 0.282. The Morgan fingerprint density at radius 1 is 0.889 bits per heavy atom. The highest BCUT2D eigenvalue weighted by Gasteiger charge is 2.61. The van der Waals surface area contributed by atoms with E-state index in [9.17, 15) is 5.11 Å². The molecule has 0 amide bonds. The van der Waals surface area contributed by atoms with E-state index in [4.69, 9.17) is 19.7 Å². The maximum atomic E-state index is 10.6. The molecule has 7 nitrogen and oxygen atoms in total. The lowest BCUT2D eigenvalue weighted by molar-refractivity contribution is -0.110. The van der Waals surface area contributed by atoms with E-state index < -0.39 is 24.4 Å². The van der Waals surface area contributed by atoms with E-state index in [2.05, 4.69) is 10.0 Å². The van der Waals surface area contributed by atoms with Crippen LogP contribution in [0.15, 0.2) is 65.8 Å². The summed E-state index contributed by atoms with van der Waals surface area (Å²) in [5.41, 5.74) is 11.0. The van der Waals surface area contributed by atoms with Crippen LogP contribution < -0.4 is 0 Å². The maximum absolute atomic E-state index is 10.6. The predicted molar refractivity (Wildman–Crippen MR) is 97.6 cm³/mol. The summed E-state index contributed by atoms with van der Waals surface area (Å²) >= 11 is 0. The molecular weight excluding hydrogens is 346 g/mol. The Kier molecular flexibility index (Phi) is 5.38. The summed E-state index contributed by atoms with van der Waals surface area (Å²) in [7, 11) is 0. The van der Waals surface area contributed by atoms with E-state index in [1.165, 1.54) is 0 Å². The van der Waals surface area contributed by atoms with E-state index in [-0.39, 0.29) is 12.2 Å². The van der Waals surface area contributed by atoms with Crippen molar-refractivity contribution < 1.29 is 19.3 Å². The van der Waals surface area contributed by atoms with Gasteiger partial charge < -0.3 is 19.3 Å². The Labute approximate surface area is 157 Å². The second kappa shape index (κ2) is 8.08. The number of ether oxygens (including phenoxy) is 3. The van der Waals surface area contributed by atoms with Crippen LogP contribution in [-0.4, -0.2) is 41.7 Å². The SMILES string of the molecule is [N-]=[N+]=N[C@@H]1[C@@H](OCc2ccccc2)[C@H](O)[C@H]2O[C@H]2[C@H]1OCc1ccccc1. The van der Waals surface area contributed by atoms with Crippen LogP contribution >= 0.6 is 0 Å². The Hall–Kier alpha value is -2.41. The molecule has 0 radical (unpaired) electrons. The molecule has 1 aliphatic heterocycles. The molecule has 2 aliphatic rings. The lowest BCUT2D eigenvalue weighted by Gasteiger charge is -2.35. The summed E-state index contributed by atoms with van der Waals surface area (Å²) in [6, 6.07) is 18.8. The second-order valence-corrected chi connectivity index (χ2v) is 6.77. The van der Waals surface area contributed by atoms with E-state index in [0.717, 1.165) is 11.1 Å². The van der Waals surface area contributed by atoms with E-state index in [1.807, 2.05) is 60.7 Å². The van der Waals surface area contributed by atoms with Crippen LogP contribution in [0.2, 0.25) is 0 Å². The van der Waals surface area contributed by atoms with Crippen LogP contribution in [0.25, 0.3) is 10.4 Å². The van der Waals surface area contributed by atoms with Gasteiger partial charge in [-0.2, -0.15) is 0 Å². The van der Waals surface area contributed by atoms with Gasteiger partial charge in [0.15, 0.2) is 0 Å². The van der Waals surface area contributed by atoms with Gasteiger partial charge in [0.05, 0.1) is 31.5 Å². The Morgan fingerprint density at radius 3 is 2.00 bits per heavy atom. The van der Waals surface area contributed by atoms with Crippen molar-refractivity contribution >= 4 is 0 Å². The third-order valence-corrected chi connectivity index (χ3v) is 4.99. The van der Waals surface area contributed by atoms with Gasteiger partial charge in [0, 0.05) is 4.91 Å². The van der Waals surface area contributed by atoms with Crippen molar-refractivity contribution in [2.75, 3.05) is 0 Å². The molecule has 1 N–H and O–H groups in total. The van der Waals surface area contributed by atoms with Gasteiger partial charge >= 0.3 is 0 Å². The van der Waals surface area contributed by atoms with Gasteiger partial charge in [-0.3, -0.25) is 0 Å². The molecule has 0 unspecified atom stereocenters. The molecule has 1 saturated heterocycles. The first-order chi connectivity index (χ1) is 13.3. The first-order valence-corrected chi connectivity index (χ1v) is 8.97. The normalized spacial score (nSPS) is 31.6. The molecule has 1 heterocycles. The molecule has 0 aromatic heterocycles. The van der Waals surface area contributed by atoms with Gasteiger partial charge in [-0.1, -0.05) is 65.8 Å². The number of aliphatic hydroxyl groups is 1. The van der Waals surface area contributed by atoms with Crippen LogP contribution in [0, 0.1) is 0 Å². The highest BCUT2D eigenvalue weighted by molar-refractivity contribution is 5.16. The van der Waals surface area contributed by atoms with Gasteiger partial charge in [-0.25, -0.2) is 0 Å². The molecule has 0 bridgehead atoms. The van der Waals surface area contributed by atoms with E-state index in [1.54, 1.807) is 0 Å². The quantitative estimate of drug-likeness (QED) is 0.352. The fourth-order valence-electron chi connectivity index (χ4n) is 3.56. The van der Waals surface area contributed by atoms with Crippen molar-refractivity contribution in [2.24, 2.45) is 5.11 Å². The monoisotopic (exact) mass is 367 g/mol. The minimum Gasteiger partial charge on any atom is -0.388 e. The number of rotatable bonds is 7. The third-order valence-electron chi connectivity index (χ3n) is 4.99. The summed E-state index contributed by atoms with van der Waals surface area (Å²) in [6.45, 7) is 0.680. The van der Waals surface area contributed by atoms with Crippen LogP contribution in [0.4, 0.5) is 0 Å². The average Bonchev–Trinajstić information content (AvgIpc) is 3.50. The van der Waals surface area contributed by atoms with Crippen LogP contribution in [-0.2, 0) is 27.4 Å². The van der Waals surface area contributed by atoms with Crippen molar-refractivity contribution in [1.29, 1.82) is 0 Å². The van der Waals surface area contributed by atoms with Crippen molar-refractivity contribution in [1.82, 2.24) is 0 Å². The minimum atomic E-state index is -0.856. The Balaban J connectivity index is 1.48. The fourth-order valence-corrected chi connectivity index (χ4v) is 3.56. The molecule has 2 aromatic rings. The molecule has 27 heavy (non-hydrogen) atoms. The lowest BCUT2D eigenvalue weighted by atomic mass is 9.87. The van der Waals surface area contributed by atoms with Gasteiger partial charge in [0.1, 0.15) is 18.3 Å². The summed E-state index contributed by atoms with van der Waals surface area (Å²) in [5, 5.41) is 14.5. The molecule has 0 spiro atoms. The second-order valence-electron chi connectivity index (χ2n) is 6.77. The smallest absolute Gasteiger partial charge is 0.115 e. The molecule has 1 aliphatic carbocycles. The van der Waals surface area contributed by atoms with Crippen LogP contribution in [0.1, 0.15) is 11.1 Å². The first-order valence-electron chi connectivity index (χ1n) is 8.97. The van der Waals surface area contributed by atoms with Crippen molar-refractivity contribution in [3.63, 3.8) is 0 Å². The van der Waals surface area contributed by atoms with Gasteiger partial charge in [-0.15, -0.1) is 0 Å². The highest BCUT2D eigenvalue weighted by atomic mass is 16.6. The molecule has 7 heteroatoms. The number of hydrogen-bond donors (Lipinski definition) is 1. The molecule has 1 saturated carbocycles. The topological polar surface area (TPSA) is 100.0 Å². The number of azide groups is 1. The lowest BCUT2D eigenvalue weighted by Crippen LogP contribution is -2.54. The van der Waals surface area contributed by atoms with Crippen LogP contribution in [0.3, 0.4) is 0 Å². The van der Waals surface area contributed by atoms with Crippen molar-refractivity contribution in [3.8, 4) is 0 Å². The van der Waals surface area contributed by atoms with Crippen molar-refractivity contribution in [2.45, 2.75) is 49.8 Å². The summed E-state index contributed by atoms with van der Waals surface area (Å²) in [6.07, 6.45) is -2.64. The number of nitrogens with zero attached hydrogens (tertiary/aromatic N) is 3. The number of fused-ring (bicyclic) bond motifs is 1. The van der Waals surface area contributed by atoms with Gasteiger partial charge in [0.2, 0.25) is 0 Å². The summed E-state index contributed by atoms with van der Waals surface area (Å²) < 4.78 is 17.6. The zero-order valence-corrected chi connectivity index (χ0v) is 14.7. The predicted octanol–water partition coefficient (Wildman–Crippen LogP) is 2.98. The largest absolute Gasteiger partial charge is 0.388 e. The molecule has 4 rings (SSSR count). The summed E-state index contributed by atoms with van der Waals surface area (Å²) in [5.74, 6) is 0. The summed E-state index contributed by atoms with van der Waals surface area (Å²) in [4.78, 5) is 2.96. The van der Waals surface area contributed by atoms with Crippen LogP contribution in [0.5, 0.6) is 0 Å². The molecular formula is C20H21N3O4. The number of hydrogen-bond acceptors (Lipinski definition) is 5. The Morgan fingerprint density at radius 2 is 1.44 bits per heavy atom. The Bertz CT molecular complexity index is 797. The van der Waals surface area contributed by atoms with Gasteiger partial charge in [0.25, 0.3) is 0 Å². The maximum Gasteiger partial charge on any atom is 0.115 e.